The van der Waals surface area contributed by atoms with Crippen molar-refractivity contribution in [2.45, 2.75) is 206 Å². The van der Waals surface area contributed by atoms with Crippen LogP contribution in [0.3, 0.4) is 0 Å². The molecule has 0 saturated heterocycles. The monoisotopic (exact) mass is 1010 g/mol. The molecule has 9 nitrogen and oxygen atoms in total. The van der Waals surface area contributed by atoms with Crippen molar-refractivity contribution < 1.29 is 42.9 Å². The molecule has 0 aromatic carbocycles. The smallest absolute Gasteiger partial charge is 0.361 e. The minimum absolute atomic E-state index is 0.168. The molecule has 0 aliphatic heterocycles. The number of carbonyl (C=O) groups is 3. The number of allylic oxidation sites excluding steroid dienone is 22. The number of likely N-dealkylation sites (N-methyl/N-ethyl adjacent to an activating group) is 1. The molecule has 0 spiro atoms. The topological polar surface area (TPSA) is 108 Å². The van der Waals surface area contributed by atoms with Gasteiger partial charge in [-0.3, -0.25) is 9.59 Å². The molecule has 1 N–H and O–H groups in total. The number of carbonyl (C=O) groups excluding carboxylic acids is 2. The lowest BCUT2D eigenvalue weighted by molar-refractivity contribution is -0.870. The third-order valence-corrected chi connectivity index (χ3v) is 11.4. The summed E-state index contributed by atoms with van der Waals surface area (Å²) < 4.78 is 22.8. The summed E-state index contributed by atoms with van der Waals surface area (Å²) in [6, 6.07) is 0. The van der Waals surface area contributed by atoms with Gasteiger partial charge in [0.1, 0.15) is 13.2 Å². The molecule has 0 aliphatic carbocycles. The molecule has 0 bridgehead atoms. The van der Waals surface area contributed by atoms with Gasteiger partial charge in [0, 0.05) is 12.8 Å². The minimum Gasteiger partial charge on any atom is -0.477 e. The van der Waals surface area contributed by atoms with Crippen molar-refractivity contribution in [1.82, 2.24) is 0 Å². The van der Waals surface area contributed by atoms with E-state index in [9.17, 15) is 19.5 Å². The second-order valence-corrected chi connectivity index (χ2v) is 19.5. The quantitative estimate of drug-likeness (QED) is 0.0211. The van der Waals surface area contributed by atoms with E-state index in [1.807, 2.05) is 21.1 Å². The number of rotatable bonds is 50. The summed E-state index contributed by atoms with van der Waals surface area (Å²) in [4.78, 5) is 37.4. The second kappa shape index (κ2) is 53.7. The predicted octanol–water partition coefficient (Wildman–Crippen LogP) is 16.7. The first-order valence-corrected chi connectivity index (χ1v) is 28.3. The lowest BCUT2D eigenvalue weighted by Crippen LogP contribution is -2.40. The van der Waals surface area contributed by atoms with Gasteiger partial charge < -0.3 is 28.5 Å². The van der Waals surface area contributed by atoms with Crippen LogP contribution in [0.1, 0.15) is 194 Å². The van der Waals surface area contributed by atoms with Gasteiger partial charge in [0.05, 0.1) is 34.4 Å². The minimum atomic E-state index is -1.54. The third-order valence-electron chi connectivity index (χ3n) is 11.4. The summed E-state index contributed by atoms with van der Waals surface area (Å²) in [6.07, 6.45) is 73.9. The fraction of sp³-hybridized carbons (Fsp3) is 0.609. The highest BCUT2D eigenvalue weighted by Gasteiger charge is 2.25. The zero-order valence-corrected chi connectivity index (χ0v) is 46.7. The van der Waals surface area contributed by atoms with Gasteiger partial charge in [0.2, 0.25) is 0 Å². The molecule has 0 saturated carbocycles. The normalized spacial score (nSPS) is 13.8. The van der Waals surface area contributed by atoms with E-state index in [0.717, 1.165) is 96.3 Å². The van der Waals surface area contributed by atoms with Crippen molar-refractivity contribution in [3.05, 3.63) is 134 Å². The Hall–Kier alpha value is -4.57. The Bertz CT molecular complexity index is 1650. The van der Waals surface area contributed by atoms with Crippen LogP contribution in [-0.2, 0) is 33.3 Å². The van der Waals surface area contributed by atoms with Gasteiger partial charge in [-0.05, 0) is 109 Å². The van der Waals surface area contributed by atoms with Gasteiger partial charge in [-0.1, -0.05) is 205 Å². The number of quaternary nitrogens is 1. The summed E-state index contributed by atoms with van der Waals surface area (Å²) in [5.41, 5.74) is 0. The Balaban J connectivity index is 4.43. The molecule has 2 unspecified atom stereocenters. The van der Waals surface area contributed by atoms with Crippen LogP contribution in [0, 0.1) is 0 Å². The Labute approximate surface area is 446 Å². The highest BCUT2D eigenvalue weighted by atomic mass is 16.7. The highest BCUT2D eigenvalue weighted by Crippen LogP contribution is 2.13. The first-order valence-electron chi connectivity index (χ1n) is 28.3. The molecule has 412 valence electrons. The van der Waals surface area contributed by atoms with E-state index in [-0.39, 0.29) is 38.6 Å². The number of carboxylic acid groups (broad SMARTS) is 1. The van der Waals surface area contributed by atoms with E-state index in [2.05, 4.69) is 148 Å². The number of esters is 2. The molecule has 0 heterocycles. The van der Waals surface area contributed by atoms with Crippen molar-refractivity contribution in [3.63, 3.8) is 0 Å². The van der Waals surface area contributed by atoms with Crippen LogP contribution < -0.4 is 0 Å². The third kappa shape index (κ3) is 55.0. The molecule has 0 amide bonds. The largest absolute Gasteiger partial charge is 0.477 e. The molecular weight excluding hydrogens is 911 g/mol. The van der Waals surface area contributed by atoms with Crippen molar-refractivity contribution >= 4 is 17.9 Å². The maximum Gasteiger partial charge on any atom is 0.361 e. The Morgan fingerprint density at radius 3 is 1.21 bits per heavy atom. The summed E-state index contributed by atoms with van der Waals surface area (Å²) in [7, 11) is 5.93. The lowest BCUT2D eigenvalue weighted by Gasteiger charge is -2.25. The van der Waals surface area contributed by atoms with E-state index in [0.29, 0.717) is 23.9 Å². The maximum absolute atomic E-state index is 12.8. The van der Waals surface area contributed by atoms with E-state index in [1.54, 1.807) is 0 Å². The highest BCUT2D eigenvalue weighted by molar-refractivity contribution is 5.71. The SMILES string of the molecule is CC/C=C\C/C=C\C/C=C\C/C=C\C/C=C\C/C=C\C/C=C\C/C=C\C/C=C\CCCC(=O)OC(COC(=O)CCCCCCCCCCC/C=C\C/C=C\CCCCC)COC(OCC[N+](C)(C)C)C(=O)O. The average Bonchev–Trinajstić information content (AvgIpc) is 3.36. The lowest BCUT2D eigenvalue weighted by atomic mass is 10.1. The van der Waals surface area contributed by atoms with Gasteiger partial charge in [0.25, 0.3) is 6.29 Å². The van der Waals surface area contributed by atoms with Crippen LogP contribution in [0.2, 0.25) is 0 Å². The van der Waals surface area contributed by atoms with Crippen LogP contribution >= 0.6 is 0 Å². The van der Waals surface area contributed by atoms with Gasteiger partial charge >= 0.3 is 17.9 Å². The number of hydrogen-bond donors (Lipinski definition) is 1. The number of aliphatic carboxylic acids is 1. The fourth-order valence-electron chi connectivity index (χ4n) is 7.04. The Kier molecular flexibility index (Phi) is 50.4. The first-order chi connectivity index (χ1) is 35.6. The second-order valence-electron chi connectivity index (χ2n) is 19.5. The Morgan fingerprint density at radius 2 is 0.795 bits per heavy atom. The molecule has 2 atom stereocenters. The summed E-state index contributed by atoms with van der Waals surface area (Å²) in [6.45, 7) is 4.64. The number of unbranched alkanes of at least 4 members (excludes halogenated alkanes) is 13. The number of ether oxygens (including phenoxy) is 4. The summed E-state index contributed by atoms with van der Waals surface area (Å²) >= 11 is 0. The first kappa shape index (κ1) is 68.4. The molecular formula is C64H104NO8+. The van der Waals surface area contributed by atoms with E-state index < -0.39 is 24.3 Å². The van der Waals surface area contributed by atoms with E-state index in [1.165, 1.54) is 57.8 Å². The van der Waals surface area contributed by atoms with Gasteiger partial charge in [-0.25, -0.2) is 4.79 Å². The maximum atomic E-state index is 12.8. The molecule has 0 aromatic rings. The Morgan fingerprint density at radius 1 is 0.425 bits per heavy atom. The summed E-state index contributed by atoms with van der Waals surface area (Å²) in [5.74, 6) is -2.11. The number of hydrogen-bond acceptors (Lipinski definition) is 7. The van der Waals surface area contributed by atoms with Gasteiger partial charge in [0.15, 0.2) is 6.10 Å². The van der Waals surface area contributed by atoms with Crippen LogP contribution in [0.5, 0.6) is 0 Å². The molecule has 0 aromatic heterocycles. The van der Waals surface area contributed by atoms with Crippen molar-refractivity contribution in [1.29, 1.82) is 0 Å². The van der Waals surface area contributed by atoms with Crippen molar-refractivity contribution in [2.75, 3.05) is 47.5 Å². The van der Waals surface area contributed by atoms with Crippen LogP contribution in [0.25, 0.3) is 0 Å². The van der Waals surface area contributed by atoms with Crippen molar-refractivity contribution in [3.8, 4) is 0 Å². The molecule has 0 fully saturated rings. The molecule has 0 aliphatic rings. The number of carboxylic acids is 1. The van der Waals surface area contributed by atoms with E-state index >= 15 is 0 Å². The van der Waals surface area contributed by atoms with Gasteiger partial charge in [-0.2, -0.15) is 0 Å². The molecule has 9 heteroatoms. The standard InChI is InChI=1S/C64H103NO8/c1-6-8-10-12-14-16-18-20-22-24-26-27-28-29-30-31-32-33-34-35-37-39-41-43-45-47-49-51-53-55-62(67)73-60(59-72-64(63(68)69)70-57-56-65(3,4)5)58-71-61(66)54-52-50-48-46-44-42-40-38-36-25-23-21-19-17-15-13-11-9-7-2/h8,10,14-17,20-23,26-27,29-30,32-33,35,37,41,43,47,49,60,64H,6-7,9,11-13,18-19,24-25,28,31,34,36,38-40,42,44-46,48,50-59H2,1-5H3/p+1/b10-8-,16-14-,17-15-,22-20-,23-21-,27-26-,30-29-,33-32-,37-35-,43-41-,49-47-. The predicted molar refractivity (Wildman–Crippen MR) is 308 cm³/mol. The average molecular weight is 1020 g/mol. The summed E-state index contributed by atoms with van der Waals surface area (Å²) in [5, 5.41) is 9.69. The molecule has 0 rings (SSSR count). The van der Waals surface area contributed by atoms with E-state index in [4.69, 9.17) is 18.9 Å². The zero-order valence-electron chi connectivity index (χ0n) is 46.7. The van der Waals surface area contributed by atoms with Crippen LogP contribution in [-0.4, -0.2) is 87.4 Å². The molecule has 0 radical (unpaired) electrons. The van der Waals surface area contributed by atoms with Crippen LogP contribution in [0.4, 0.5) is 0 Å². The van der Waals surface area contributed by atoms with Gasteiger partial charge in [-0.15, -0.1) is 0 Å². The molecule has 73 heavy (non-hydrogen) atoms. The zero-order chi connectivity index (χ0) is 53.4. The number of nitrogens with zero attached hydrogens (tertiary/aromatic N) is 1. The van der Waals surface area contributed by atoms with Crippen LogP contribution in [0.15, 0.2) is 134 Å². The van der Waals surface area contributed by atoms with Crippen molar-refractivity contribution in [2.24, 2.45) is 0 Å². The fourth-order valence-corrected chi connectivity index (χ4v) is 7.04.